The number of alkyl halides is 1. The summed E-state index contributed by atoms with van der Waals surface area (Å²) in [7, 11) is 0. The van der Waals surface area contributed by atoms with Crippen LogP contribution in [0.1, 0.15) is 5.69 Å². The molecule has 0 saturated carbocycles. The summed E-state index contributed by atoms with van der Waals surface area (Å²) in [6.07, 6.45) is 0. The maximum atomic E-state index is 13.6. The van der Waals surface area contributed by atoms with E-state index in [1.54, 1.807) is 12.1 Å². The van der Waals surface area contributed by atoms with Gasteiger partial charge in [-0.3, -0.25) is 0 Å². The van der Waals surface area contributed by atoms with Gasteiger partial charge in [0.15, 0.2) is 11.6 Å². The highest BCUT2D eigenvalue weighted by molar-refractivity contribution is 6.32. The molecule has 2 nitrogen and oxygen atoms in total. The third-order valence-corrected chi connectivity index (χ3v) is 3.04. The molecular weight excluding hydrogens is 299 g/mol. The van der Waals surface area contributed by atoms with Crippen LogP contribution in [-0.4, -0.2) is 4.98 Å². The zero-order valence-corrected chi connectivity index (χ0v) is 11.2. The minimum absolute atomic E-state index is 0.00200. The quantitative estimate of drug-likeness (QED) is 0.740. The van der Waals surface area contributed by atoms with Gasteiger partial charge in [-0.1, -0.05) is 29.3 Å². The lowest BCUT2D eigenvalue weighted by Crippen LogP contribution is -1.94. The normalized spacial score (nSPS) is 10.4. The van der Waals surface area contributed by atoms with Crippen molar-refractivity contribution in [1.29, 1.82) is 0 Å². The van der Waals surface area contributed by atoms with Crippen LogP contribution in [0.4, 0.5) is 4.39 Å². The summed E-state index contributed by atoms with van der Waals surface area (Å²) in [4.78, 5) is 4.06. The topological polar surface area (TPSA) is 22.1 Å². The Labute approximate surface area is 118 Å². The van der Waals surface area contributed by atoms with Crippen molar-refractivity contribution >= 4 is 34.8 Å². The monoisotopic (exact) mass is 305 g/mol. The van der Waals surface area contributed by atoms with Gasteiger partial charge in [-0.25, -0.2) is 9.37 Å². The number of rotatable bonds is 3. The second-order valence-corrected chi connectivity index (χ2v) is 4.45. The Balaban J connectivity index is 2.31. The fourth-order valence-corrected chi connectivity index (χ4v) is 1.90. The molecule has 18 heavy (non-hydrogen) atoms. The van der Waals surface area contributed by atoms with Gasteiger partial charge < -0.3 is 4.74 Å². The highest BCUT2D eigenvalue weighted by Gasteiger charge is 2.10. The Morgan fingerprint density at radius 2 is 1.89 bits per heavy atom. The highest BCUT2D eigenvalue weighted by Crippen LogP contribution is 2.29. The van der Waals surface area contributed by atoms with Gasteiger partial charge in [0, 0.05) is 6.07 Å². The average Bonchev–Trinajstić information content (AvgIpc) is 2.37. The molecule has 0 atom stereocenters. The lowest BCUT2D eigenvalue weighted by Gasteiger charge is -2.08. The summed E-state index contributed by atoms with van der Waals surface area (Å²) in [5.41, 5.74) is 0.471. The van der Waals surface area contributed by atoms with Gasteiger partial charge in [0.2, 0.25) is 5.88 Å². The van der Waals surface area contributed by atoms with Crippen LogP contribution in [-0.2, 0) is 5.88 Å². The Morgan fingerprint density at radius 1 is 1.11 bits per heavy atom. The molecule has 94 valence electrons. The summed E-state index contributed by atoms with van der Waals surface area (Å²) in [6, 6.07) is 7.59. The highest BCUT2D eigenvalue weighted by atomic mass is 35.5. The number of hydrogen-bond acceptors (Lipinski definition) is 2. The fourth-order valence-electron chi connectivity index (χ4n) is 1.29. The third kappa shape index (κ3) is 2.86. The molecule has 0 aliphatic carbocycles. The van der Waals surface area contributed by atoms with Crippen molar-refractivity contribution in [3.63, 3.8) is 0 Å². The lowest BCUT2D eigenvalue weighted by molar-refractivity contribution is 0.426. The second kappa shape index (κ2) is 5.74. The molecule has 0 radical (unpaired) electrons. The summed E-state index contributed by atoms with van der Waals surface area (Å²) in [5, 5.41) is 0.419. The van der Waals surface area contributed by atoms with Crippen LogP contribution in [0.5, 0.6) is 11.6 Å². The van der Waals surface area contributed by atoms with E-state index in [-0.39, 0.29) is 22.5 Å². The predicted molar refractivity (Wildman–Crippen MR) is 70.3 cm³/mol. The first kappa shape index (κ1) is 13.4. The average molecular weight is 307 g/mol. The van der Waals surface area contributed by atoms with Gasteiger partial charge in [0.05, 0.1) is 21.6 Å². The maximum absolute atomic E-state index is 13.6. The number of benzene rings is 1. The van der Waals surface area contributed by atoms with Gasteiger partial charge in [0.25, 0.3) is 0 Å². The Hall–Kier alpha value is -1.03. The molecule has 0 aliphatic heterocycles. The summed E-state index contributed by atoms with van der Waals surface area (Å²) in [6.45, 7) is 0. The fraction of sp³-hybridized carbons (Fsp3) is 0.0833. The molecule has 0 N–H and O–H groups in total. The maximum Gasteiger partial charge on any atom is 0.219 e. The summed E-state index contributed by atoms with van der Waals surface area (Å²) < 4.78 is 18.9. The minimum Gasteiger partial charge on any atom is -0.436 e. The molecule has 1 aromatic carbocycles. The number of ether oxygens (including phenoxy) is 1. The standard InChI is InChI=1S/C12H7Cl3FNO/c13-6-9-7(14)4-5-11(17-9)18-10-3-1-2-8(15)12(10)16/h1-5H,6H2. The van der Waals surface area contributed by atoms with Crippen molar-refractivity contribution in [2.24, 2.45) is 0 Å². The predicted octanol–water partition coefficient (Wildman–Crippen LogP) is 5.06. The third-order valence-electron chi connectivity index (χ3n) is 2.15. The Morgan fingerprint density at radius 3 is 2.61 bits per heavy atom. The van der Waals surface area contributed by atoms with E-state index in [0.717, 1.165) is 0 Å². The van der Waals surface area contributed by atoms with Gasteiger partial charge in [0.1, 0.15) is 0 Å². The first-order valence-electron chi connectivity index (χ1n) is 4.95. The van der Waals surface area contributed by atoms with Crippen molar-refractivity contribution in [2.75, 3.05) is 0 Å². The molecule has 0 bridgehead atoms. The first-order chi connectivity index (χ1) is 8.61. The zero-order valence-electron chi connectivity index (χ0n) is 8.96. The largest absolute Gasteiger partial charge is 0.436 e. The molecule has 2 rings (SSSR count). The molecular formula is C12H7Cl3FNO. The lowest BCUT2D eigenvalue weighted by atomic mass is 10.3. The van der Waals surface area contributed by atoms with Crippen LogP contribution in [0.3, 0.4) is 0 Å². The Kier molecular flexibility index (Phi) is 4.27. The molecule has 1 aromatic heterocycles. The molecule has 6 heteroatoms. The first-order valence-corrected chi connectivity index (χ1v) is 6.24. The number of halogens is 4. The molecule has 1 heterocycles. The molecule has 0 unspecified atom stereocenters. The van der Waals surface area contributed by atoms with E-state index in [1.165, 1.54) is 18.2 Å². The minimum atomic E-state index is -0.636. The number of nitrogens with zero attached hydrogens (tertiary/aromatic N) is 1. The SMILES string of the molecule is Fc1c(Cl)cccc1Oc1ccc(Cl)c(CCl)n1. The molecule has 2 aromatic rings. The van der Waals surface area contributed by atoms with Crippen LogP contribution in [0.25, 0.3) is 0 Å². The number of aromatic nitrogens is 1. The van der Waals surface area contributed by atoms with Gasteiger partial charge >= 0.3 is 0 Å². The van der Waals surface area contributed by atoms with Crippen molar-refractivity contribution in [3.05, 3.63) is 51.9 Å². The Bertz CT molecular complexity index is 577. The van der Waals surface area contributed by atoms with Crippen LogP contribution < -0.4 is 4.74 Å². The van der Waals surface area contributed by atoms with E-state index >= 15 is 0 Å². The van der Waals surface area contributed by atoms with E-state index in [1.807, 2.05) is 0 Å². The van der Waals surface area contributed by atoms with Crippen LogP contribution in [0.15, 0.2) is 30.3 Å². The van der Waals surface area contributed by atoms with E-state index in [2.05, 4.69) is 4.98 Å². The smallest absolute Gasteiger partial charge is 0.219 e. The van der Waals surface area contributed by atoms with E-state index in [4.69, 9.17) is 39.5 Å². The van der Waals surface area contributed by atoms with Crippen LogP contribution >= 0.6 is 34.8 Å². The molecule has 0 aliphatic rings. The molecule has 0 spiro atoms. The van der Waals surface area contributed by atoms with Crippen molar-refractivity contribution in [3.8, 4) is 11.6 Å². The number of pyridine rings is 1. The van der Waals surface area contributed by atoms with Gasteiger partial charge in [-0.05, 0) is 18.2 Å². The molecule has 0 amide bonds. The van der Waals surface area contributed by atoms with Gasteiger partial charge in [-0.15, -0.1) is 11.6 Å². The van der Waals surface area contributed by atoms with Crippen molar-refractivity contribution < 1.29 is 9.13 Å². The van der Waals surface area contributed by atoms with Crippen molar-refractivity contribution in [2.45, 2.75) is 5.88 Å². The van der Waals surface area contributed by atoms with E-state index in [9.17, 15) is 4.39 Å². The molecule has 0 fully saturated rings. The second-order valence-electron chi connectivity index (χ2n) is 3.37. The van der Waals surface area contributed by atoms with Crippen LogP contribution in [0.2, 0.25) is 10.0 Å². The van der Waals surface area contributed by atoms with E-state index in [0.29, 0.717) is 10.7 Å². The molecule has 0 saturated heterocycles. The van der Waals surface area contributed by atoms with E-state index < -0.39 is 5.82 Å². The summed E-state index contributed by atoms with van der Waals surface area (Å²) >= 11 is 17.2. The van der Waals surface area contributed by atoms with Gasteiger partial charge in [-0.2, -0.15) is 0 Å². The zero-order chi connectivity index (χ0) is 13.1. The van der Waals surface area contributed by atoms with Crippen molar-refractivity contribution in [1.82, 2.24) is 4.98 Å². The number of hydrogen-bond donors (Lipinski definition) is 0. The summed E-state index contributed by atoms with van der Waals surface area (Å²) in [5.74, 6) is -0.286. The van der Waals surface area contributed by atoms with Crippen LogP contribution in [0, 0.1) is 5.82 Å².